The number of carbonyl (C=O) groups is 1. The summed E-state index contributed by atoms with van der Waals surface area (Å²) in [6.45, 7) is 9.88. The molecule has 102 valence electrons. The van der Waals surface area contributed by atoms with Gasteiger partial charge in [-0.2, -0.15) is 0 Å². The predicted octanol–water partition coefficient (Wildman–Crippen LogP) is -0.145. The van der Waals surface area contributed by atoms with Gasteiger partial charge in [0.1, 0.15) is 6.61 Å². The molecule has 0 aromatic carbocycles. The number of rotatable bonds is 6. The van der Waals surface area contributed by atoms with Crippen molar-refractivity contribution in [2.45, 2.75) is 20.0 Å². The molecule has 0 atom stereocenters. The van der Waals surface area contributed by atoms with Crippen LogP contribution in [-0.2, 0) is 9.53 Å². The molecule has 0 aromatic rings. The van der Waals surface area contributed by atoms with E-state index in [1.165, 1.54) is 0 Å². The molecule has 1 saturated heterocycles. The molecule has 5 nitrogen and oxygen atoms in total. The number of nitrogens with zero attached hydrogens (tertiary/aromatic N) is 1. The van der Waals surface area contributed by atoms with Crippen LogP contribution in [0.1, 0.15) is 13.8 Å². The minimum atomic E-state index is -0.0242. The molecular weight excluding hydrogens is 242 g/mol. The highest BCUT2D eigenvalue weighted by Crippen LogP contribution is 1.90. The second-order valence-corrected chi connectivity index (χ2v) is 4.30. The molecule has 0 saturated carbocycles. The van der Waals surface area contributed by atoms with Gasteiger partial charge in [0.15, 0.2) is 0 Å². The average molecular weight is 266 g/mol. The molecule has 17 heavy (non-hydrogen) atoms. The van der Waals surface area contributed by atoms with E-state index in [1.54, 1.807) is 0 Å². The molecule has 1 amide bonds. The lowest BCUT2D eigenvalue weighted by Crippen LogP contribution is -2.46. The Labute approximate surface area is 110 Å². The number of hydrogen-bond acceptors (Lipinski definition) is 4. The van der Waals surface area contributed by atoms with Gasteiger partial charge in [-0.05, 0) is 13.8 Å². The smallest absolute Gasteiger partial charge is 0.246 e. The molecule has 0 spiro atoms. The summed E-state index contributed by atoms with van der Waals surface area (Å²) in [5, 5.41) is 6.16. The number of nitrogens with one attached hydrogen (secondary N) is 2. The second-order valence-electron chi connectivity index (χ2n) is 4.30. The van der Waals surface area contributed by atoms with E-state index < -0.39 is 0 Å². The fourth-order valence-electron chi connectivity index (χ4n) is 1.58. The van der Waals surface area contributed by atoms with E-state index in [9.17, 15) is 4.79 Å². The van der Waals surface area contributed by atoms with Crippen molar-refractivity contribution in [1.29, 1.82) is 0 Å². The van der Waals surface area contributed by atoms with Gasteiger partial charge in [-0.3, -0.25) is 9.69 Å². The molecule has 1 rings (SSSR count). The molecule has 0 bridgehead atoms. The minimum Gasteiger partial charge on any atom is -0.369 e. The topological polar surface area (TPSA) is 53.6 Å². The normalized spacial score (nSPS) is 16.6. The van der Waals surface area contributed by atoms with Crippen LogP contribution in [0.25, 0.3) is 0 Å². The lowest BCUT2D eigenvalue weighted by Gasteiger charge is -2.27. The number of ether oxygens (including phenoxy) is 1. The summed E-state index contributed by atoms with van der Waals surface area (Å²) in [6, 6.07) is 0. The monoisotopic (exact) mass is 265 g/mol. The van der Waals surface area contributed by atoms with Gasteiger partial charge in [-0.25, -0.2) is 0 Å². The maximum atomic E-state index is 11.3. The zero-order valence-electron chi connectivity index (χ0n) is 10.7. The van der Waals surface area contributed by atoms with Crippen LogP contribution in [0.2, 0.25) is 0 Å². The summed E-state index contributed by atoms with van der Waals surface area (Å²) in [5.41, 5.74) is 0. The van der Waals surface area contributed by atoms with Crippen LogP contribution >= 0.6 is 12.4 Å². The molecule has 6 heteroatoms. The molecule has 0 radical (unpaired) electrons. The van der Waals surface area contributed by atoms with E-state index in [2.05, 4.69) is 15.5 Å². The Hall–Kier alpha value is -0.360. The van der Waals surface area contributed by atoms with Crippen LogP contribution in [0, 0.1) is 0 Å². The van der Waals surface area contributed by atoms with Crippen molar-refractivity contribution in [2.24, 2.45) is 0 Å². The number of carbonyl (C=O) groups excluding carboxylic acids is 1. The standard InChI is InChI=1S/C11H23N3O2.ClH/c1-10(2)16-9-11(15)13-5-8-14-6-3-12-4-7-14;/h10,12H,3-9H2,1-2H3,(H,13,15);1H. The van der Waals surface area contributed by atoms with Crippen LogP contribution in [0.5, 0.6) is 0 Å². The van der Waals surface area contributed by atoms with Gasteiger partial charge in [0.25, 0.3) is 0 Å². The number of piperazine rings is 1. The Balaban J connectivity index is 0.00000256. The summed E-state index contributed by atoms with van der Waals surface area (Å²) in [6.07, 6.45) is 0.110. The van der Waals surface area contributed by atoms with E-state index in [1.807, 2.05) is 13.8 Å². The lowest BCUT2D eigenvalue weighted by atomic mass is 10.3. The molecular formula is C11H24ClN3O2. The first kappa shape index (κ1) is 16.6. The Kier molecular flexibility index (Phi) is 9.44. The molecule has 0 aromatic heterocycles. The quantitative estimate of drug-likeness (QED) is 0.702. The Morgan fingerprint density at radius 1 is 1.41 bits per heavy atom. The second kappa shape index (κ2) is 9.65. The summed E-state index contributed by atoms with van der Waals surface area (Å²) < 4.78 is 5.21. The highest BCUT2D eigenvalue weighted by molar-refractivity contribution is 5.85. The van der Waals surface area contributed by atoms with Gasteiger partial charge >= 0.3 is 0 Å². The van der Waals surface area contributed by atoms with E-state index in [0.29, 0.717) is 6.54 Å². The van der Waals surface area contributed by atoms with E-state index >= 15 is 0 Å². The first-order chi connectivity index (χ1) is 7.68. The summed E-state index contributed by atoms with van der Waals surface area (Å²) >= 11 is 0. The van der Waals surface area contributed by atoms with Gasteiger partial charge in [0.2, 0.25) is 5.91 Å². The van der Waals surface area contributed by atoms with Crippen molar-refractivity contribution in [2.75, 3.05) is 45.9 Å². The molecule has 0 unspecified atom stereocenters. The van der Waals surface area contributed by atoms with Crippen molar-refractivity contribution in [3.05, 3.63) is 0 Å². The van der Waals surface area contributed by atoms with E-state index in [-0.39, 0.29) is 31.0 Å². The van der Waals surface area contributed by atoms with Gasteiger partial charge in [-0.15, -0.1) is 12.4 Å². The fraction of sp³-hybridized carbons (Fsp3) is 0.909. The molecule has 1 aliphatic heterocycles. The SMILES string of the molecule is CC(C)OCC(=O)NCCN1CCNCC1.Cl. The number of amides is 1. The van der Waals surface area contributed by atoms with Crippen LogP contribution in [0.4, 0.5) is 0 Å². The Morgan fingerprint density at radius 3 is 2.65 bits per heavy atom. The van der Waals surface area contributed by atoms with Crippen LogP contribution < -0.4 is 10.6 Å². The van der Waals surface area contributed by atoms with E-state index in [4.69, 9.17) is 4.74 Å². The summed E-state index contributed by atoms with van der Waals surface area (Å²) in [4.78, 5) is 13.7. The maximum absolute atomic E-state index is 11.3. The third-order valence-electron chi connectivity index (χ3n) is 2.51. The molecule has 1 heterocycles. The summed E-state index contributed by atoms with van der Waals surface area (Å²) in [5.74, 6) is -0.0242. The zero-order chi connectivity index (χ0) is 11.8. The Bertz CT molecular complexity index is 209. The van der Waals surface area contributed by atoms with Crippen LogP contribution in [-0.4, -0.2) is 62.8 Å². The maximum Gasteiger partial charge on any atom is 0.246 e. The number of hydrogen-bond donors (Lipinski definition) is 2. The lowest BCUT2D eigenvalue weighted by molar-refractivity contribution is -0.127. The van der Waals surface area contributed by atoms with E-state index in [0.717, 1.165) is 32.7 Å². The van der Waals surface area contributed by atoms with Crippen molar-refractivity contribution in [3.8, 4) is 0 Å². The van der Waals surface area contributed by atoms with Gasteiger partial charge in [0.05, 0.1) is 6.10 Å². The molecule has 0 aliphatic carbocycles. The van der Waals surface area contributed by atoms with Gasteiger partial charge in [-0.1, -0.05) is 0 Å². The highest BCUT2D eigenvalue weighted by Gasteiger charge is 2.09. The van der Waals surface area contributed by atoms with Crippen molar-refractivity contribution < 1.29 is 9.53 Å². The first-order valence-electron chi connectivity index (χ1n) is 6.00. The zero-order valence-corrected chi connectivity index (χ0v) is 11.5. The van der Waals surface area contributed by atoms with Crippen molar-refractivity contribution >= 4 is 18.3 Å². The van der Waals surface area contributed by atoms with Crippen LogP contribution in [0.3, 0.4) is 0 Å². The van der Waals surface area contributed by atoms with Crippen molar-refractivity contribution in [3.63, 3.8) is 0 Å². The van der Waals surface area contributed by atoms with Crippen LogP contribution in [0.15, 0.2) is 0 Å². The fourth-order valence-corrected chi connectivity index (χ4v) is 1.58. The Morgan fingerprint density at radius 2 is 2.06 bits per heavy atom. The highest BCUT2D eigenvalue weighted by atomic mass is 35.5. The molecule has 2 N–H and O–H groups in total. The number of halogens is 1. The largest absolute Gasteiger partial charge is 0.369 e. The predicted molar refractivity (Wildman–Crippen MR) is 70.7 cm³/mol. The van der Waals surface area contributed by atoms with Gasteiger partial charge < -0.3 is 15.4 Å². The molecule has 1 fully saturated rings. The minimum absolute atomic E-state index is 0. The average Bonchev–Trinajstić information content (AvgIpc) is 2.28. The molecule has 1 aliphatic rings. The van der Waals surface area contributed by atoms with Crippen molar-refractivity contribution in [1.82, 2.24) is 15.5 Å². The third-order valence-corrected chi connectivity index (χ3v) is 2.51. The third kappa shape index (κ3) is 8.37. The summed E-state index contributed by atoms with van der Waals surface area (Å²) in [7, 11) is 0. The first-order valence-corrected chi connectivity index (χ1v) is 6.00. The van der Waals surface area contributed by atoms with Gasteiger partial charge in [0, 0.05) is 39.3 Å².